The van der Waals surface area contributed by atoms with Crippen LogP contribution in [0.2, 0.25) is 0 Å². The zero-order valence-electron chi connectivity index (χ0n) is 28.4. The summed E-state index contributed by atoms with van der Waals surface area (Å²) in [5.74, 6) is 0. The van der Waals surface area contributed by atoms with Crippen molar-refractivity contribution < 1.29 is 0 Å². The SMILES string of the molecule is c1ccc(B2c3ccc(-n4c5ccccc5c5ccccc54)cc3N3c4ccccc4C4(c5ccccc5-c5ccccc54)c4cccc2c43)cc1. The van der Waals surface area contributed by atoms with Crippen molar-refractivity contribution in [1.82, 2.24) is 4.57 Å². The molecule has 0 saturated carbocycles. The molecule has 2 aliphatic heterocycles. The first-order chi connectivity index (χ1) is 25.8. The van der Waals surface area contributed by atoms with E-state index in [1.165, 1.54) is 94.3 Å². The summed E-state index contributed by atoms with van der Waals surface area (Å²) in [6, 6.07) is 70.3. The molecule has 1 aliphatic carbocycles. The Balaban J connectivity index is 1.22. The first-order valence-electron chi connectivity index (χ1n) is 18.2. The van der Waals surface area contributed by atoms with Crippen molar-refractivity contribution in [3.05, 3.63) is 210 Å². The number of aromatic nitrogens is 1. The Hall–Kier alpha value is -6.58. The zero-order valence-corrected chi connectivity index (χ0v) is 28.4. The van der Waals surface area contributed by atoms with Crippen molar-refractivity contribution in [3.63, 3.8) is 0 Å². The monoisotopic (exact) mass is 658 g/mol. The lowest BCUT2D eigenvalue weighted by molar-refractivity contribution is 0.753. The highest BCUT2D eigenvalue weighted by molar-refractivity contribution is 6.98. The topological polar surface area (TPSA) is 8.17 Å². The molecular weight excluding hydrogens is 627 g/mol. The third kappa shape index (κ3) is 3.41. The second-order valence-corrected chi connectivity index (χ2v) is 14.4. The highest BCUT2D eigenvalue weighted by Gasteiger charge is 2.53. The Morgan fingerprint density at radius 2 is 0.981 bits per heavy atom. The van der Waals surface area contributed by atoms with E-state index in [9.17, 15) is 0 Å². The molecule has 3 aliphatic rings. The summed E-state index contributed by atoms with van der Waals surface area (Å²) in [5.41, 5.74) is 18.9. The molecule has 8 aromatic carbocycles. The third-order valence-corrected chi connectivity index (χ3v) is 12.0. The van der Waals surface area contributed by atoms with Crippen LogP contribution < -0.4 is 21.3 Å². The standard InChI is InChI=1S/C49H31BN2/c1-2-15-32(16-3-1)50-42-30-29-33(51-44-26-11-6-19-36(44)37-20-7-12-27-45(37)51)31-47(42)52-46-28-13-10-23-40(46)49(41-24-14-25-43(50)48(41)52)38-21-8-4-17-34(38)35-18-5-9-22-39(35)49/h1-31H. The minimum absolute atomic E-state index is 0.0730. The average molecular weight is 659 g/mol. The zero-order chi connectivity index (χ0) is 34.0. The van der Waals surface area contributed by atoms with Gasteiger partial charge in [-0.15, -0.1) is 0 Å². The first-order valence-corrected chi connectivity index (χ1v) is 18.2. The maximum Gasteiger partial charge on any atom is 0.246 e. The molecule has 0 radical (unpaired) electrons. The smallest absolute Gasteiger partial charge is 0.246 e. The second kappa shape index (κ2) is 10.2. The average Bonchev–Trinajstić information content (AvgIpc) is 3.71. The Morgan fingerprint density at radius 1 is 0.404 bits per heavy atom. The van der Waals surface area contributed by atoms with Crippen molar-refractivity contribution in [2.45, 2.75) is 5.41 Å². The molecule has 3 heteroatoms. The predicted molar refractivity (Wildman–Crippen MR) is 217 cm³/mol. The highest BCUT2D eigenvalue weighted by Crippen LogP contribution is 2.63. The lowest BCUT2D eigenvalue weighted by Gasteiger charge is -2.49. The van der Waals surface area contributed by atoms with E-state index in [2.05, 4.69) is 198 Å². The van der Waals surface area contributed by atoms with Gasteiger partial charge < -0.3 is 9.47 Å². The summed E-state index contributed by atoms with van der Waals surface area (Å²) >= 11 is 0. The predicted octanol–water partition coefficient (Wildman–Crippen LogP) is 9.76. The van der Waals surface area contributed by atoms with Gasteiger partial charge in [-0.1, -0.05) is 163 Å². The quantitative estimate of drug-likeness (QED) is 0.168. The summed E-state index contributed by atoms with van der Waals surface area (Å²) in [5, 5.41) is 2.55. The van der Waals surface area contributed by atoms with E-state index < -0.39 is 5.41 Å². The van der Waals surface area contributed by atoms with Crippen LogP contribution >= 0.6 is 0 Å². The van der Waals surface area contributed by atoms with Gasteiger partial charge >= 0.3 is 0 Å². The number of fused-ring (bicyclic) bond motifs is 14. The van der Waals surface area contributed by atoms with Gasteiger partial charge in [-0.2, -0.15) is 0 Å². The molecular formula is C49H31BN2. The maximum absolute atomic E-state index is 2.60. The van der Waals surface area contributed by atoms with Gasteiger partial charge in [0, 0.05) is 27.8 Å². The maximum atomic E-state index is 2.60. The molecule has 3 heterocycles. The molecule has 0 N–H and O–H groups in total. The van der Waals surface area contributed by atoms with Gasteiger partial charge in [0.2, 0.25) is 6.71 Å². The van der Waals surface area contributed by atoms with Gasteiger partial charge in [-0.05, 0) is 74.6 Å². The Labute approximate surface area is 302 Å². The van der Waals surface area contributed by atoms with Crippen LogP contribution in [0.15, 0.2) is 188 Å². The van der Waals surface area contributed by atoms with E-state index in [1.54, 1.807) is 0 Å². The molecule has 0 atom stereocenters. The van der Waals surface area contributed by atoms with Gasteiger partial charge in [0.15, 0.2) is 0 Å². The van der Waals surface area contributed by atoms with Crippen LogP contribution in [0.5, 0.6) is 0 Å². The lowest BCUT2D eigenvalue weighted by Crippen LogP contribution is -2.58. The van der Waals surface area contributed by atoms with Crippen LogP contribution in [0.4, 0.5) is 17.1 Å². The summed E-state index contributed by atoms with van der Waals surface area (Å²) < 4.78 is 2.45. The van der Waals surface area contributed by atoms with Crippen molar-refractivity contribution in [2.75, 3.05) is 4.90 Å². The van der Waals surface area contributed by atoms with Crippen LogP contribution in [0.1, 0.15) is 22.3 Å². The number of anilines is 3. The molecule has 1 aromatic heterocycles. The fraction of sp³-hybridized carbons (Fsp3) is 0.0204. The molecule has 9 aromatic rings. The number of rotatable bonds is 2. The highest BCUT2D eigenvalue weighted by atomic mass is 15.2. The fourth-order valence-electron chi connectivity index (χ4n) is 10.1. The number of nitrogens with zero attached hydrogens (tertiary/aromatic N) is 2. The van der Waals surface area contributed by atoms with Gasteiger partial charge in [0.05, 0.1) is 22.1 Å². The Bertz CT molecular complexity index is 2840. The lowest BCUT2D eigenvalue weighted by atomic mass is 9.34. The minimum Gasteiger partial charge on any atom is -0.311 e. The summed E-state index contributed by atoms with van der Waals surface area (Å²) in [7, 11) is 0. The van der Waals surface area contributed by atoms with E-state index in [1.807, 2.05) is 0 Å². The minimum atomic E-state index is -0.450. The summed E-state index contributed by atoms with van der Waals surface area (Å²) in [4.78, 5) is 2.60. The molecule has 52 heavy (non-hydrogen) atoms. The number of para-hydroxylation sites is 4. The molecule has 0 fully saturated rings. The van der Waals surface area contributed by atoms with E-state index in [0.717, 1.165) is 0 Å². The van der Waals surface area contributed by atoms with Crippen LogP contribution in [0.25, 0.3) is 38.6 Å². The van der Waals surface area contributed by atoms with Gasteiger partial charge in [-0.25, -0.2) is 0 Å². The van der Waals surface area contributed by atoms with Gasteiger partial charge in [0.25, 0.3) is 0 Å². The normalized spacial score (nSPS) is 14.2. The fourth-order valence-corrected chi connectivity index (χ4v) is 10.1. The Kier molecular flexibility index (Phi) is 5.55. The molecule has 0 amide bonds. The molecule has 12 rings (SSSR count). The number of hydrogen-bond donors (Lipinski definition) is 0. The molecule has 0 unspecified atom stereocenters. The summed E-state index contributed by atoms with van der Waals surface area (Å²) in [6.45, 7) is 0.0730. The third-order valence-electron chi connectivity index (χ3n) is 12.0. The largest absolute Gasteiger partial charge is 0.311 e. The number of hydrogen-bond acceptors (Lipinski definition) is 1. The number of benzene rings is 8. The van der Waals surface area contributed by atoms with E-state index >= 15 is 0 Å². The van der Waals surface area contributed by atoms with Gasteiger partial charge in [-0.3, -0.25) is 0 Å². The van der Waals surface area contributed by atoms with Crippen molar-refractivity contribution in [2.24, 2.45) is 0 Å². The van der Waals surface area contributed by atoms with E-state index in [4.69, 9.17) is 0 Å². The molecule has 0 saturated heterocycles. The Morgan fingerprint density at radius 3 is 1.69 bits per heavy atom. The second-order valence-electron chi connectivity index (χ2n) is 14.4. The van der Waals surface area contributed by atoms with E-state index in [-0.39, 0.29) is 6.71 Å². The molecule has 1 spiro atoms. The van der Waals surface area contributed by atoms with Crippen molar-refractivity contribution in [1.29, 1.82) is 0 Å². The first kappa shape index (κ1) is 28.2. The van der Waals surface area contributed by atoms with E-state index in [0.29, 0.717) is 0 Å². The van der Waals surface area contributed by atoms with Crippen molar-refractivity contribution >= 4 is 62.0 Å². The summed E-state index contributed by atoms with van der Waals surface area (Å²) in [6.07, 6.45) is 0. The molecule has 0 bridgehead atoms. The van der Waals surface area contributed by atoms with Crippen LogP contribution in [0.3, 0.4) is 0 Å². The van der Waals surface area contributed by atoms with Crippen LogP contribution in [0, 0.1) is 0 Å². The molecule has 240 valence electrons. The molecule has 2 nitrogen and oxygen atoms in total. The van der Waals surface area contributed by atoms with Gasteiger partial charge in [0.1, 0.15) is 0 Å². The van der Waals surface area contributed by atoms with Crippen LogP contribution in [-0.2, 0) is 5.41 Å². The van der Waals surface area contributed by atoms with Crippen molar-refractivity contribution in [3.8, 4) is 16.8 Å². The van der Waals surface area contributed by atoms with Crippen LogP contribution in [-0.4, -0.2) is 11.3 Å².